The van der Waals surface area contributed by atoms with Crippen LogP contribution in [0.4, 0.5) is 0 Å². The van der Waals surface area contributed by atoms with Gasteiger partial charge in [-0.05, 0) is 30.7 Å². The molecule has 7 nitrogen and oxygen atoms in total. The van der Waals surface area contributed by atoms with Gasteiger partial charge in [0.05, 0.1) is 24.6 Å². The lowest BCUT2D eigenvalue weighted by Gasteiger charge is -2.10. The van der Waals surface area contributed by atoms with E-state index in [1.165, 1.54) is 26.4 Å². The van der Waals surface area contributed by atoms with Crippen LogP contribution in [0.5, 0.6) is 11.5 Å². The molecule has 0 aliphatic rings. The van der Waals surface area contributed by atoms with Gasteiger partial charge in [0.2, 0.25) is 10.0 Å². The van der Waals surface area contributed by atoms with Gasteiger partial charge in [-0.3, -0.25) is 4.79 Å². The minimum absolute atomic E-state index is 0.110. The monoisotopic (exact) mass is 388 g/mol. The van der Waals surface area contributed by atoms with Crippen LogP contribution in [0.2, 0.25) is 0 Å². The molecule has 0 fully saturated rings. The maximum atomic E-state index is 12.3. The van der Waals surface area contributed by atoms with Gasteiger partial charge in [0.15, 0.2) is 11.5 Å². The second-order valence-corrected chi connectivity index (χ2v) is 7.65. The molecular weight excluding hydrogens is 368 g/mol. The molecule has 0 saturated heterocycles. The third-order valence-electron chi connectivity index (χ3n) is 4.17. The van der Waals surface area contributed by atoms with Crippen molar-refractivity contribution in [3.05, 3.63) is 64.4 Å². The number of methoxy groups -OCH3 is 2. The molecule has 0 amide bonds. The fourth-order valence-corrected chi connectivity index (χ4v) is 3.82. The molecule has 1 heterocycles. The fraction of sp³-hybridized carbons (Fsp3) is 0.211. The molecule has 27 heavy (non-hydrogen) atoms. The second-order valence-electron chi connectivity index (χ2n) is 5.88. The lowest BCUT2D eigenvalue weighted by Crippen LogP contribution is -2.27. The van der Waals surface area contributed by atoms with Gasteiger partial charge in [-0.2, -0.15) is 0 Å². The van der Waals surface area contributed by atoms with Crippen LogP contribution in [0.1, 0.15) is 5.56 Å². The van der Waals surface area contributed by atoms with Crippen LogP contribution in [-0.4, -0.2) is 34.2 Å². The zero-order chi connectivity index (χ0) is 19.4. The van der Waals surface area contributed by atoms with Crippen molar-refractivity contribution in [2.45, 2.75) is 11.3 Å². The summed E-state index contributed by atoms with van der Waals surface area (Å²) in [6, 6.07) is 13.3. The first kappa shape index (κ1) is 18.9. The molecular formula is C19H20N2O5S. The molecule has 8 heteroatoms. The number of H-pyrrole nitrogens is 1. The quantitative estimate of drug-likeness (QED) is 0.646. The lowest BCUT2D eigenvalue weighted by molar-refractivity contribution is 0.356. The Balaban J connectivity index is 1.81. The van der Waals surface area contributed by atoms with Gasteiger partial charge in [0.25, 0.3) is 5.56 Å². The Morgan fingerprint density at radius 2 is 1.67 bits per heavy atom. The summed E-state index contributed by atoms with van der Waals surface area (Å²) in [5, 5.41) is 0.771. The van der Waals surface area contributed by atoms with Crippen molar-refractivity contribution < 1.29 is 17.9 Å². The number of pyridine rings is 1. The van der Waals surface area contributed by atoms with E-state index in [1.54, 1.807) is 36.4 Å². The Morgan fingerprint density at radius 1 is 1.00 bits per heavy atom. The highest BCUT2D eigenvalue weighted by molar-refractivity contribution is 7.89. The van der Waals surface area contributed by atoms with Crippen molar-refractivity contribution in [3.63, 3.8) is 0 Å². The van der Waals surface area contributed by atoms with Gasteiger partial charge in [-0.1, -0.05) is 18.2 Å². The Hall–Kier alpha value is -2.84. The Kier molecular flexibility index (Phi) is 5.48. The number of hydrogen-bond acceptors (Lipinski definition) is 5. The van der Waals surface area contributed by atoms with Crippen molar-refractivity contribution in [3.8, 4) is 11.5 Å². The van der Waals surface area contributed by atoms with Crippen LogP contribution in [-0.2, 0) is 16.4 Å². The maximum absolute atomic E-state index is 12.3. The summed E-state index contributed by atoms with van der Waals surface area (Å²) in [5.41, 5.74) is 0.824. The van der Waals surface area contributed by atoms with Gasteiger partial charge >= 0.3 is 0 Å². The smallest absolute Gasteiger partial charge is 0.251 e. The molecule has 2 aromatic carbocycles. The van der Waals surface area contributed by atoms with Crippen LogP contribution in [0.3, 0.4) is 0 Å². The van der Waals surface area contributed by atoms with Crippen LogP contribution < -0.4 is 19.8 Å². The maximum Gasteiger partial charge on any atom is 0.251 e. The normalized spacial score (nSPS) is 11.5. The average Bonchev–Trinajstić information content (AvgIpc) is 2.68. The largest absolute Gasteiger partial charge is 0.493 e. The van der Waals surface area contributed by atoms with Gasteiger partial charge in [-0.15, -0.1) is 0 Å². The molecule has 0 aliphatic carbocycles. The summed E-state index contributed by atoms with van der Waals surface area (Å²) in [6.07, 6.45) is 0.256. The Morgan fingerprint density at radius 3 is 2.33 bits per heavy atom. The van der Waals surface area contributed by atoms with Gasteiger partial charge in [0.1, 0.15) is 0 Å². The zero-order valence-electron chi connectivity index (χ0n) is 15.0. The number of benzene rings is 2. The third-order valence-corrected chi connectivity index (χ3v) is 5.64. The topological polar surface area (TPSA) is 97.5 Å². The molecule has 0 bridgehead atoms. The molecule has 0 saturated carbocycles. The van der Waals surface area contributed by atoms with Crippen molar-refractivity contribution in [2.24, 2.45) is 0 Å². The molecule has 0 radical (unpaired) electrons. The van der Waals surface area contributed by atoms with E-state index < -0.39 is 10.0 Å². The minimum atomic E-state index is -3.60. The van der Waals surface area contributed by atoms with E-state index in [2.05, 4.69) is 9.71 Å². The summed E-state index contributed by atoms with van der Waals surface area (Å²) in [5.74, 6) is 1.07. The predicted molar refractivity (Wildman–Crippen MR) is 103 cm³/mol. The van der Waals surface area contributed by atoms with E-state index in [0.29, 0.717) is 22.6 Å². The first-order valence-electron chi connectivity index (χ1n) is 8.27. The third kappa shape index (κ3) is 4.12. The number of aromatic nitrogens is 1. The first-order chi connectivity index (χ1) is 12.9. The summed E-state index contributed by atoms with van der Waals surface area (Å²) in [7, 11) is -0.545. The summed E-state index contributed by atoms with van der Waals surface area (Å²) >= 11 is 0. The number of fused-ring (bicyclic) bond motifs is 1. The summed E-state index contributed by atoms with van der Waals surface area (Å²) in [6.45, 7) is 0.110. The number of ether oxygens (including phenoxy) is 2. The molecule has 2 N–H and O–H groups in total. The van der Waals surface area contributed by atoms with Crippen molar-refractivity contribution in [2.75, 3.05) is 20.8 Å². The molecule has 0 atom stereocenters. The number of rotatable bonds is 7. The summed E-state index contributed by atoms with van der Waals surface area (Å²) in [4.78, 5) is 15.3. The Bertz CT molecular complexity index is 1110. The van der Waals surface area contributed by atoms with Gasteiger partial charge < -0.3 is 14.5 Å². The second kappa shape index (κ2) is 7.81. The van der Waals surface area contributed by atoms with E-state index in [4.69, 9.17) is 9.47 Å². The van der Waals surface area contributed by atoms with Crippen LogP contribution in [0, 0.1) is 0 Å². The average molecular weight is 388 g/mol. The van der Waals surface area contributed by atoms with E-state index in [9.17, 15) is 13.2 Å². The molecule has 0 spiro atoms. The number of hydrogen-bond donors (Lipinski definition) is 2. The lowest BCUT2D eigenvalue weighted by atomic mass is 10.1. The standard InChI is InChI=1S/C19H20N2O5S/c1-25-17-11-14-10-13(19(22)21-16(14)12-18(17)26-2)8-9-20-27(23,24)15-6-4-3-5-7-15/h3-7,10-12,20H,8-9H2,1-2H3,(H,21,22). The Labute approximate surface area is 157 Å². The van der Waals surface area contributed by atoms with Crippen molar-refractivity contribution in [1.82, 2.24) is 9.71 Å². The van der Waals surface area contributed by atoms with Crippen molar-refractivity contribution in [1.29, 1.82) is 0 Å². The molecule has 3 rings (SSSR count). The highest BCUT2D eigenvalue weighted by Crippen LogP contribution is 2.31. The van der Waals surface area contributed by atoms with Crippen LogP contribution in [0.25, 0.3) is 10.9 Å². The van der Waals surface area contributed by atoms with Gasteiger partial charge in [-0.25, -0.2) is 13.1 Å². The SMILES string of the molecule is COc1cc2cc(CCNS(=O)(=O)c3ccccc3)c(=O)[nH]c2cc1OC. The molecule has 1 aromatic heterocycles. The molecule has 0 aliphatic heterocycles. The molecule has 0 unspecified atom stereocenters. The van der Waals surface area contributed by atoms with E-state index in [1.807, 2.05) is 0 Å². The highest BCUT2D eigenvalue weighted by Gasteiger charge is 2.14. The number of sulfonamides is 1. The first-order valence-corrected chi connectivity index (χ1v) is 9.75. The zero-order valence-corrected chi connectivity index (χ0v) is 15.8. The number of aromatic amines is 1. The van der Waals surface area contributed by atoms with Crippen LogP contribution in [0.15, 0.2) is 58.2 Å². The molecule has 3 aromatic rings. The summed E-state index contributed by atoms with van der Waals surface area (Å²) < 4.78 is 37.5. The van der Waals surface area contributed by atoms with Gasteiger partial charge in [0, 0.05) is 23.6 Å². The predicted octanol–water partition coefficient (Wildman–Crippen LogP) is 2.07. The van der Waals surface area contributed by atoms with E-state index in [-0.39, 0.29) is 23.4 Å². The highest BCUT2D eigenvalue weighted by atomic mass is 32.2. The minimum Gasteiger partial charge on any atom is -0.493 e. The number of nitrogens with one attached hydrogen (secondary N) is 2. The molecule has 142 valence electrons. The fourth-order valence-electron chi connectivity index (χ4n) is 2.77. The van der Waals surface area contributed by atoms with E-state index in [0.717, 1.165) is 5.39 Å². The van der Waals surface area contributed by atoms with Crippen molar-refractivity contribution >= 4 is 20.9 Å². The van der Waals surface area contributed by atoms with Crippen LogP contribution >= 0.6 is 0 Å². The van der Waals surface area contributed by atoms with E-state index >= 15 is 0 Å².